The van der Waals surface area contributed by atoms with Crippen LogP contribution in [0.25, 0.3) is 0 Å². The molecule has 112 valence electrons. The average molecular weight is 352 g/mol. The van der Waals surface area contributed by atoms with Gasteiger partial charge in [-0.05, 0) is 46.5 Å². The molecule has 2 aromatic carbocycles. The molecular formula is C17H19BrFNO. The van der Waals surface area contributed by atoms with Crippen molar-refractivity contribution < 1.29 is 9.50 Å². The first-order valence-corrected chi connectivity index (χ1v) is 7.67. The zero-order valence-corrected chi connectivity index (χ0v) is 13.5. The molecule has 0 radical (unpaired) electrons. The molecule has 0 fully saturated rings. The highest BCUT2D eigenvalue weighted by molar-refractivity contribution is 9.10. The van der Waals surface area contributed by atoms with Crippen molar-refractivity contribution in [1.29, 1.82) is 0 Å². The van der Waals surface area contributed by atoms with Crippen molar-refractivity contribution in [3.05, 3.63) is 69.9 Å². The number of aliphatic hydroxyl groups excluding tert-OH is 1. The summed E-state index contributed by atoms with van der Waals surface area (Å²) in [6, 6.07) is 14.6. The predicted molar refractivity (Wildman–Crippen MR) is 86.7 cm³/mol. The van der Waals surface area contributed by atoms with E-state index in [0.29, 0.717) is 10.9 Å². The first kappa shape index (κ1) is 16.1. The largest absolute Gasteiger partial charge is 0.392 e. The van der Waals surface area contributed by atoms with Crippen molar-refractivity contribution in [2.24, 2.45) is 5.73 Å². The van der Waals surface area contributed by atoms with Crippen LogP contribution in [0.1, 0.15) is 18.1 Å². The summed E-state index contributed by atoms with van der Waals surface area (Å²) in [6.07, 6.45) is -0.191. The van der Waals surface area contributed by atoms with E-state index in [0.717, 1.165) is 11.1 Å². The van der Waals surface area contributed by atoms with Crippen molar-refractivity contribution >= 4 is 15.9 Å². The van der Waals surface area contributed by atoms with Crippen LogP contribution in [-0.2, 0) is 11.8 Å². The van der Waals surface area contributed by atoms with Gasteiger partial charge in [0.2, 0.25) is 0 Å². The van der Waals surface area contributed by atoms with Crippen molar-refractivity contribution in [2.45, 2.75) is 24.9 Å². The molecule has 2 nitrogen and oxygen atoms in total. The molecule has 0 saturated heterocycles. The fourth-order valence-electron chi connectivity index (χ4n) is 2.65. The lowest BCUT2D eigenvalue weighted by Gasteiger charge is -2.36. The minimum atomic E-state index is -0.653. The fraction of sp³-hybridized carbons (Fsp3) is 0.294. The third-order valence-corrected chi connectivity index (χ3v) is 4.94. The second kappa shape index (κ2) is 6.69. The molecule has 3 N–H and O–H groups in total. The summed E-state index contributed by atoms with van der Waals surface area (Å²) in [5, 5.41) is 10.3. The molecule has 0 aromatic heterocycles. The molecule has 0 spiro atoms. The molecule has 0 heterocycles. The standard InChI is InChI=1S/C17H19BrFNO/c1-12(21)17(11-20,14-7-3-2-4-8-14)10-13-6-5-9-15(19)16(13)18/h2-9,12,21H,10-11,20H2,1H3. The zero-order valence-electron chi connectivity index (χ0n) is 11.9. The minimum absolute atomic E-state index is 0.275. The van der Waals surface area contributed by atoms with Gasteiger partial charge < -0.3 is 10.8 Å². The van der Waals surface area contributed by atoms with Crippen molar-refractivity contribution in [3.8, 4) is 0 Å². The summed E-state index contributed by atoms with van der Waals surface area (Å²) >= 11 is 3.29. The number of halogens is 2. The van der Waals surface area contributed by atoms with Gasteiger partial charge in [0, 0.05) is 12.0 Å². The molecule has 0 aliphatic heterocycles. The van der Waals surface area contributed by atoms with Crippen molar-refractivity contribution in [2.75, 3.05) is 6.54 Å². The van der Waals surface area contributed by atoms with E-state index in [1.54, 1.807) is 13.0 Å². The molecule has 2 rings (SSSR count). The second-order valence-electron chi connectivity index (χ2n) is 5.29. The van der Waals surface area contributed by atoms with E-state index in [4.69, 9.17) is 5.73 Å². The fourth-order valence-corrected chi connectivity index (χ4v) is 3.05. The maximum atomic E-state index is 13.7. The highest BCUT2D eigenvalue weighted by Crippen LogP contribution is 2.34. The van der Waals surface area contributed by atoms with E-state index in [-0.39, 0.29) is 12.4 Å². The van der Waals surface area contributed by atoms with Gasteiger partial charge >= 0.3 is 0 Å². The lowest BCUT2D eigenvalue weighted by molar-refractivity contribution is 0.0999. The van der Waals surface area contributed by atoms with Gasteiger partial charge in [-0.25, -0.2) is 4.39 Å². The lowest BCUT2D eigenvalue weighted by Crippen LogP contribution is -2.46. The SMILES string of the molecule is CC(O)C(CN)(Cc1cccc(F)c1Br)c1ccccc1. The summed E-state index contributed by atoms with van der Waals surface area (Å²) in [5.74, 6) is -0.308. The topological polar surface area (TPSA) is 46.2 Å². The van der Waals surface area contributed by atoms with E-state index >= 15 is 0 Å². The first-order valence-electron chi connectivity index (χ1n) is 6.88. The predicted octanol–water partition coefficient (Wildman–Crippen LogP) is 3.41. The van der Waals surface area contributed by atoms with E-state index in [1.807, 2.05) is 36.4 Å². The Morgan fingerprint density at radius 2 is 1.86 bits per heavy atom. The summed E-state index contributed by atoms with van der Waals surface area (Å²) in [5.41, 5.74) is 7.12. The molecular weight excluding hydrogens is 333 g/mol. The number of hydrogen-bond acceptors (Lipinski definition) is 2. The molecule has 0 aliphatic rings. The van der Waals surface area contributed by atoms with Crippen LogP contribution >= 0.6 is 15.9 Å². The highest BCUT2D eigenvalue weighted by atomic mass is 79.9. The third-order valence-electron chi connectivity index (χ3n) is 4.05. The molecule has 0 aliphatic carbocycles. The first-order chi connectivity index (χ1) is 10.0. The van der Waals surface area contributed by atoms with Crippen molar-refractivity contribution in [3.63, 3.8) is 0 Å². The zero-order chi connectivity index (χ0) is 15.5. The molecule has 21 heavy (non-hydrogen) atoms. The normalized spacial score (nSPS) is 15.5. The molecule has 4 heteroatoms. The summed E-state index contributed by atoms with van der Waals surface area (Å²) in [4.78, 5) is 0. The van der Waals surface area contributed by atoms with Crippen LogP contribution in [0.5, 0.6) is 0 Å². The Morgan fingerprint density at radius 1 is 1.19 bits per heavy atom. The molecule has 0 saturated carbocycles. The summed E-state index contributed by atoms with van der Waals surface area (Å²) in [6.45, 7) is 2.00. The number of hydrogen-bond donors (Lipinski definition) is 2. The van der Waals surface area contributed by atoms with Gasteiger partial charge in [0.05, 0.1) is 10.6 Å². The monoisotopic (exact) mass is 351 g/mol. The summed E-state index contributed by atoms with van der Waals surface area (Å²) < 4.78 is 14.2. The maximum Gasteiger partial charge on any atom is 0.137 e. The van der Waals surface area contributed by atoms with Crippen molar-refractivity contribution in [1.82, 2.24) is 0 Å². The number of benzene rings is 2. The van der Waals surface area contributed by atoms with E-state index in [9.17, 15) is 9.50 Å². The minimum Gasteiger partial charge on any atom is -0.392 e. The Hall–Kier alpha value is -1.23. The van der Waals surface area contributed by atoms with Gasteiger partial charge in [0.15, 0.2) is 0 Å². The Kier molecular flexibility index (Phi) is 5.14. The molecule has 0 amide bonds. The molecule has 2 unspecified atom stereocenters. The number of nitrogens with two attached hydrogens (primary N) is 1. The van der Waals surface area contributed by atoms with Gasteiger partial charge in [0.25, 0.3) is 0 Å². The van der Waals surface area contributed by atoms with E-state index < -0.39 is 11.5 Å². The quantitative estimate of drug-likeness (QED) is 0.866. The van der Waals surface area contributed by atoms with Crippen LogP contribution in [0.15, 0.2) is 53.0 Å². The smallest absolute Gasteiger partial charge is 0.137 e. The lowest BCUT2D eigenvalue weighted by atomic mass is 9.72. The van der Waals surface area contributed by atoms with E-state index in [2.05, 4.69) is 15.9 Å². The van der Waals surface area contributed by atoms with Crippen LogP contribution in [0.2, 0.25) is 0 Å². The number of rotatable bonds is 5. The molecule has 2 atom stereocenters. The van der Waals surface area contributed by atoms with Crippen LogP contribution in [0, 0.1) is 5.82 Å². The summed E-state index contributed by atoms with van der Waals surface area (Å²) in [7, 11) is 0. The Bertz CT molecular complexity index is 603. The van der Waals surface area contributed by atoms with Gasteiger partial charge in [-0.15, -0.1) is 0 Å². The Balaban J connectivity index is 2.49. The Morgan fingerprint density at radius 3 is 2.43 bits per heavy atom. The van der Waals surface area contributed by atoms with E-state index in [1.165, 1.54) is 6.07 Å². The van der Waals surface area contributed by atoms with Crippen LogP contribution in [-0.4, -0.2) is 17.8 Å². The van der Waals surface area contributed by atoms with Crippen LogP contribution in [0.3, 0.4) is 0 Å². The third kappa shape index (κ3) is 3.18. The Labute approximate surface area is 132 Å². The van der Waals surface area contributed by atoms with Gasteiger partial charge in [-0.2, -0.15) is 0 Å². The average Bonchev–Trinajstić information content (AvgIpc) is 2.49. The van der Waals surface area contributed by atoms with Crippen LogP contribution in [0.4, 0.5) is 4.39 Å². The van der Waals surface area contributed by atoms with Gasteiger partial charge in [-0.1, -0.05) is 42.5 Å². The van der Waals surface area contributed by atoms with Crippen LogP contribution < -0.4 is 5.73 Å². The molecule has 0 bridgehead atoms. The van der Waals surface area contributed by atoms with Gasteiger partial charge in [-0.3, -0.25) is 0 Å². The maximum absolute atomic E-state index is 13.7. The molecule has 2 aromatic rings. The highest BCUT2D eigenvalue weighted by Gasteiger charge is 2.36. The number of aliphatic hydroxyl groups is 1. The second-order valence-corrected chi connectivity index (χ2v) is 6.08. The van der Waals surface area contributed by atoms with Gasteiger partial charge in [0.1, 0.15) is 5.82 Å².